The molecule has 0 atom stereocenters. The third-order valence-electron chi connectivity index (χ3n) is 4.30. The lowest BCUT2D eigenvalue weighted by Gasteiger charge is -2.09. The lowest BCUT2D eigenvalue weighted by Crippen LogP contribution is -2.01. The fourth-order valence-corrected chi connectivity index (χ4v) is 3.40. The zero-order valence-corrected chi connectivity index (χ0v) is 17.1. The molecule has 0 saturated carbocycles. The van der Waals surface area contributed by atoms with Gasteiger partial charge in [-0.05, 0) is 48.7 Å². The van der Waals surface area contributed by atoms with E-state index in [1.165, 1.54) is 6.07 Å². The minimum absolute atomic E-state index is 0.168. The van der Waals surface area contributed by atoms with Gasteiger partial charge in [-0.2, -0.15) is 4.98 Å². The first kappa shape index (κ1) is 21.0. The van der Waals surface area contributed by atoms with Crippen LogP contribution in [0.4, 0.5) is 4.39 Å². The minimum atomic E-state index is -2.69. The molecule has 0 aliphatic rings. The predicted octanol–water partition coefficient (Wildman–Crippen LogP) is 4.28. The molecule has 3 rings (SSSR count). The lowest BCUT2D eigenvalue weighted by atomic mass is 10.0. The van der Waals surface area contributed by atoms with Gasteiger partial charge >= 0.3 is 0 Å². The van der Waals surface area contributed by atoms with Crippen LogP contribution in [-0.2, 0) is 22.9 Å². The van der Waals surface area contributed by atoms with Crippen LogP contribution < -0.4 is 4.74 Å². The summed E-state index contributed by atoms with van der Waals surface area (Å²) in [7, 11) is -2.69. The number of aromatic nitrogens is 2. The van der Waals surface area contributed by atoms with E-state index in [2.05, 4.69) is 10.1 Å². The number of halogens is 1. The Morgan fingerprint density at radius 2 is 1.93 bits per heavy atom. The van der Waals surface area contributed by atoms with Gasteiger partial charge in [-0.25, -0.2) is 12.8 Å². The molecular formula is C21H22FN2O4S. The Hall–Kier alpha value is -2.74. The molecule has 1 aromatic heterocycles. The number of rotatable bonds is 9. The van der Waals surface area contributed by atoms with Gasteiger partial charge in [0.1, 0.15) is 28.9 Å². The van der Waals surface area contributed by atoms with Gasteiger partial charge in [0.2, 0.25) is 11.7 Å². The fourth-order valence-electron chi connectivity index (χ4n) is 2.78. The van der Waals surface area contributed by atoms with Crippen LogP contribution in [0.2, 0.25) is 0 Å². The number of aryl methyl sites for hydroxylation is 1. The molecule has 0 fully saturated rings. The van der Waals surface area contributed by atoms with Gasteiger partial charge < -0.3 is 9.26 Å². The van der Waals surface area contributed by atoms with Crippen molar-refractivity contribution in [2.75, 3.05) is 0 Å². The third kappa shape index (κ3) is 5.63. The highest BCUT2D eigenvalue weighted by atomic mass is 32.2. The molecule has 1 heterocycles. The zero-order valence-electron chi connectivity index (χ0n) is 16.2. The Morgan fingerprint density at radius 1 is 1.17 bits per heavy atom. The maximum atomic E-state index is 13.9. The van der Waals surface area contributed by atoms with E-state index >= 15 is 0 Å². The Morgan fingerprint density at radius 3 is 2.59 bits per heavy atom. The first-order valence-corrected chi connectivity index (χ1v) is 10.6. The number of ether oxygens (including phenoxy) is 1. The highest BCUT2D eigenvalue weighted by Gasteiger charge is 2.12. The topological polar surface area (TPSA) is 82.3 Å². The molecule has 6 nitrogen and oxygen atoms in total. The van der Waals surface area contributed by atoms with Crippen molar-refractivity contribution in [2.45, 2.75) is 38.4 Å². The average molecular weight is 417 g/mol. The highest BCUT2D eigenvalue weighted by molar-refractivity contribution is 7.71. The lowest BCUT2D eigenvalue weighted by molar-refractivity contribution is 0.365. The van der Waals surface area contributed by atoms with Crippen LogP contribution in [0.5, 0.6) is 5.75 Å². The molecule has 0 amide bonds. The van der Waals surface area contributed by atoms with Crippen LogP contribution >= 0.6 is 0 Å². The molecule has 0 N–H and O–H groups in total. The molecule has 29 heavy (non-hydrogen) atoms. The van der Waals surface area contributed by atoms with Crippen molar-refractivity contribution in [1.29, 1.82) is 0 Å². The van der Waals surface area contributed by atoms with E-state index < -0.39 is 16.5 Å². The van der Waals surface area contributed by atoms with Crippen LogP contribution in [-0.4, -0.2) is 18.6 Å². The third-order valence-corrected chi connectivity index (χ3v) is 4.88. The second-order valence-electron chi connectivity index (χ2n) is 6.83. The number of thiol groups is 1. The molecule has 0 aliphatic carbocycles. The largest absolute Gasteiger partial charge is 0.487 e. The maximum absolute atomic E-state index is 13.9. The summed E-state index contributed by atoms with van der Waals surface area (Å²) in [6.07, 6.45) is 0.992. The van der Waals surface area contributed by atoms with Crippen molar-refractivity contribution >= 4 is 10.7 Å². The molecule has 3 aromatic rings. The molecule has 153 valence electrons. The van der Waals surface area contributed by atoms with Gasteiger partial charge in [0.15, 0.2) is 0 Å². The quantitative estimate of drug-likeness (QED) is 0.413. The van der Waals surface area contributed by atoms with Crippen molar-refractivity contribution in [3.63, 3.8) is 0 Å². The summed E-state index contributed by atoms with van der Waals surface area (Å²) in [4.78, 5) is 4.35. The van der Waals surface area contributed by atoms with Crippen molar-refractivity contribution in [3.8, 4) is 17.1 Å². The molecule has 0 aliphatic heterocycles. The fraction of sp³-hybridized carbons (Fsp3) is 0.286. The van der Waals surface area contributed by atoms with Crippen LogP contribution in [0.3, 0.4) is 0 Å². The monoisotopic (exact) mass is 417 g/mol. The summed E-state index contributed by atoms with van der Waals surface area (Å²) in [5, 5.41) is 3.97. The van der Waals surface area contributed by atoms with Gasteiger partial charge in [-0.15, -0.1) is 0 Å². The second-order valence-corrected chi connectivity index (χ2v) is 7.81. The predicted molar refractivity (Wildman–Crippen MR) is 107 cm³/mol. The summed E-state index contributed by atoms with van der Waals surface area (Å²) in [6, 6.07) is 11.9. The summed E-state index contributed by atoms with van der Waals surface area (Å²) in [5.74, 6) is 1.13. The smallest absolute Gasteiger partial charge is 0.229 e. The molecule has 0 spiro atoms. The van der Waals surface area contributed by atoms with Crippen LogP contribution in [0.25, 0.3) is 11.4 Å². The van der Waals surface area contributed by atoms with Crippen LogP contribution in [0.1, 0.15) is 43.2 Å². The minimum Gasteiger partial charge on any atom is -0.487 e. The summed E-state index contributed by atoms with van der Waals surface area (Å²) in [5.41, 5.74) is 1.71. The van der Waals surface area contributed by atoms with E-state index in [1.54, 1.807) is 30.9 Å². The first-order chi connectivity index (χ1) is 13.9. The number of hydrogen-bond donors (Lipinski definition) is 1. The zero-order chi connectivity index (χ0) is 20.8. The summed E-state index contributed by atoms with van der Waals surface area (Å²) in [6.45, 7) is 5.58. The van der Waals surface area contributed by atoms with Crippen molar-refractivity contribution in [1.82, 2.24) is 10.1 Å². The number of benzene rings is 2. The van der Waals surface area contributed by atoms with E-state index in [-0.39, 0.29) is 17.2 Å². The Bertz CT molecular complexity index is 1020. The van der Waals surface area contributed by atoms with Crippen molar-refractivity contribution in [2.24, 2.45) is 0 Å². The maximum Gasteiger partial charge on any atom is 0.229 e. The van der Waals surface area contributed by atoms with Crippen molar-refractivity contribution < 1.29 is 22.1 Å². The van der Waals surface area contributed by atoms with Gasteiger partial charge in [0.05, 0.1) is 5.75 Å². The number of nitrogens with zero attached hydrogens (tertiary/aromatic N) is 2. The Kier molecular flexibility index (Phi) is 6.98. The van der Waals surface area contributed by atoms with E-state index in [9.17, 15) is 12.8 Å². The highest BCUT2D eigenvalue weighted by Crippen LogP contribution is 2.23. The van der Waals surface area contributed by atoms with Gasteiger partial charge in [0, 0.05) is 17.0 Å². The molecule has 0 unspecified atom stereocenters. The molecular weight excluding hydrogens is 395 g/mol. The first-order valence-electron chi connectivity index (χ1n) is 9.24. The molecule has 1 radical (unpaired) electrons. The number of hydrogen-bond acceptors (Lipinski definition) is 6. The SMILES string of the molecule is CC(C)c1nc(-c2ccc(O[CH]CCc3cccc(F)c3C[SH](=O)=O)cc2)no1. The molecule has 0 saturated heterocycles. The van der Waals surface area contributed by atoms with Gasteiger partial charge in [-0.3, -0.25) is 0 Å². The van der Waals surface area contributed by atoms with Crippen molar-refractivity contribution in [3.05, 3.63) is 71.9 Å². The van der Waals surface area contributed by atoms with Gasteiger partial charge in [-0.1, -0.05) is 31.1 Å². The van der Waals surface area contributed by atoms with Gasteiger partial charge in [0.25, 0.3) is 0 Å². The van der Waals surface area contributed by atoms with E-state index in [1.807, 2.05) is 26.0 Å². The average Bonchev–Trinajstić information content (AvgIpc) is 3.18. The Labute approximate surface area is 170 Å². The normalized spacial score (nSPS) is 11.3. The van der Waals surface area contributed by atoms with Crippen LogP contribution in [0, 0.1) is 12.4 Å². The van der Waals surface area contributed by atoms with E-state index in [0.29, 0.717) is 35.9 Å². The molecule has 8 heteroatoms. The molecule has 0 bridgehead atoms. The summed E-state index contributed by atoms with van der Waals surface area (Å²) < 4.78 is 46.7. The summed E-state index contributed by atoms with van der Waals surface area (Å²) >= 11 is 0. The van der Waals surface area contributed by atoms with E-state index in [0.717, 1.165) is 5.56 Å². The molecule has 2 aromatic carbocycles. The second kappa shape index (κ2) is 9.65. The standard InChI is InChI=1S/C21H22FN2O4S/c1-14(2)21-23-20(24-28-21)16-8-10-17(11-9-16)27-12-4-6-15-5-3-7-19(22)18(15)13-29(25)26/h3,5,7-12,14,29H,4,6,13H2,1-2H3. The van der Waals surface area contributed by atoms with Crippen LogP contribution in [0.15, 0.2) is 47.0 Å². The Balaban J connectivity index is 1.54. The van der Waals surface area contributed by atoms with E-state index in [4.69, 9.17) is 9.26 Å².